The van der Waals surface area contributed by atoms with Crippen LogP contribution < -0.4 is 10.2 Å². The Morgan fingerprint density at radius 2 is 2.31 bits per heavy atom. The van der Waals surface area contributed by atoms with Gasteiger partial charge < -0.3 is 10.2 Å². The molecule has 0 bridgehead atoms. The van der Waals surface area contributed by atoms with Crippen molar-refractivity contribution in [2.75, 3.05) is 24.5 Å². The Balaban J connectivity index is 1.63. The summed E-state index contributed by atoms with van der Waals surface area (Å²) in [7, 11) is 0. The molecule has 3 rings (SSSR count). The second-order valence-electron chi connectivity index (χ2n) is 4.87. The fourth-order valence-electron chi connectivity index (χ4n) is 2.33. The zero-order valence-corrected chi connectivity index (χ0v) is 10.2. The molecule has 1 aliphatic carbocycles. The van der Waals surface area contributed by atoms with E-state index in [0.717, 1.165) is 17.6 Å². The first-order chi connectivity index (χ1) is 7.92. The second-order valence-corrected chi connectivity index (χ2v) is 5.62. The Morgan fingerprint density at radius 3 is 2.94 bits per heavy atom. The van der Waals surface area contributed by atoms with Gasteiger partial charge in [0.05, 0.1) is 0 Å². The van der Waals surface area contributed by atoms with Crippen LogP contribution in [0.4, 0.5) is 5.13 Å². The summed E-state index contributed by atoms with van der Waals surface area (Å²) in [5.41, 5.74) is 0. The summed E-state index contributed by atoms with van der Waals surface area (Å²) in [5, 5.41) is 4.66. The Morgan fingerprint density at radius 1 is 1.38 bits per heavy atom. The molecule has 0 radical (unpaired) electrons. The zero-order valence-electron chi connectivity index (χ0n) is 9.43. The Bertz CT molecular complexity index is 317. The molecule has 2 heterocycles. The van der Waals surface area contributed by atoms with Crippen LogP contribution in [0, 0.1) is 5.92 Å². The maximum atomic E-state index is 4.35. The van der Waals surface area contributed by atoms with E-state index in [-0.39, 0.29) is 0 Å². The lowest BCUT2D eigenvalue weighted by Crippen LogP contribution is -2.38. The average Bonchev–Trinajstić information content (AvgIpc) is 2.82. The monoisotopic (exact) mass is 238 g/mol. The topological polar surface area (TPSA) is 41.1 Å². The molecule has 2 fully saturated rings. The molecule has 0 amide bonds. The standard InChI is InChI=1S/C11H18N4S/c1-2-10(12-5-1)7-15(6-9-3-4-9)11-13-8-14-16-11/h8-10,12H,1-7H2. The maximum Gasteiger partial charge on any atom is 0.204 e. The summed E-state index contributed by atoms with van der Waals surface area (Å²) in [6, 6.07) is 0.655. The van der Waals surface area contributed by atoms with Crippen molar-refractivity contribution < 1.29 is 0 Å². The lowest BCUT2D eigenvalue weighted by atomic mass is 10.2. The highest BCUT2D eigenvalue weighted by atomic mass is 32.1. The molecule has 4 nitrogen and oxygen atoms in total. The van der Waals surface area contributed by atoms with E-state index in [2.05, 4.69) is 19.6 Å². The van der Waals surface area contributed by atoms with Crippen LogP contribution in [0.25, 0.3) is 0 Å². The van der Waals surface area contributed by atoms with Crippen molar-refractivity contribution >= 4 is 16.7 Å². The molecular weight excluding hydrogens is 220 g/mol. The maximum absolute atomic E-state index is 4.35. The number of aromatic nitrogens is 2. The zero-order chi connectivity index (χ0) is 10.8. The number of nitrogens with zero attached hydrogens (tertiary/aromatic N) is 3. The Kier molecular flexibility index (Phi) is 3.06. The van der Waals surface area contributed by atoms with Gasteiger partial charge in [0.25, 0.3) is 0 Å². The lowest BCUT2D eigenvalue weighted by molar-refractivity contribution is 0.570. The molecule has 16 heavy (non-hydrogen) atoms. The molecule has 0 spiro atoms. The molecule has 1 unspecified atom stereocenters. The Labute approximate surface area is 100 Å². The average molecular weight is 238 g/mol. The van der Waals surface area contributed by atoms with Crippen molar-refractivity contribution in [3.63, 3.8) is 0 Å². The van der Waals surface area contributed by atoms with Gasteiger partial charge in [-0.2, -0.15) is 4.37 Å². The molecular formula is C11H18N4S. The summed E-state index contributed by atoms with van der Waals surface area (Å²) in [6.45, 7) is 3.46. The molecule has 1 saturated carbocycles. The SMILES string of the molecule is c1nsc(N(CC2CC2)CC2CCCN2)n1. The first-order valence-corrected chi connectivity index (χ1v) is 6.94. The normalized spacial score (nSPS) is 24.9. The van der Waals surface area contributed by atoms with E-state index in [9.17, 15) is 0 Å². The van der Waals surface area contributed by atoms with E-state index in [4.69, 9.17) is 0 Å². The van der Waals surface area contributed by atoms with Crippen molar-refractivity contribution in [1.29, 1.82) is 0 Å². The highest BCUT2D eigenvalue weighted by Gasteiger charge is 2.27. The first-order valence-electron chi connectivity index (χ1n) is 6.17. The predicted octanol–water partition coefficient (Wildman–Crippen LogP) is 1.51. The van der Waals surface area contributed by atoms with Crippen molar-refractivity contribution in [2.45, 2.75) is 31.7 Å². The van der Waals surface area contributed by atoms with Gasteiger partial charge in [-0.25, -0.2) is 4.98 Å². The lowest BCUT2D eigenvalue weighted by Gasteiger charge is -2.24. The van der Waals surface area contributed by atoms with E-state index in [1.165, 1.54) is 50.3 Å². The molecule has 1 saturated heterocycles. The van der Waals surface area contributed by atoms with Gasteiger partial charge >= 0.3 is 0 Å². The van der Waals surface area contributed by atoms with Gasteiger partial charge in [0.1, 0.15) is 6.33 Å². The fourth-order valence-corrected chi connectivity index (χ4v) is 2.88. The number of rotatable bonds is 5. The molecule has 5 heteroatoms. The number of nitrogens with one attached hydrogen (secondary N) is 1. The van der Waals surface area contributed by atoms with Gasteiger partial charge in [-0.1, -0.05) is 0 Å². The van der Waals surface area contributed by atoms with Crippen LogP contribution in [-0.2, 0) is 0 Å². The van der Waals surface area contributed by atoms with Crippen LogP contribution in [0.1, 0.15) is 25.7 Å². The molecule has 1 aliphatic heterocycles. The minimum absolute atomic E-state index is 0.655. The third-order valence-electron chi connectivity index (χ3n) is 3.40. The number of hydrogen-bond acceptors (Lipinski definition) is 5. The van der Waals surface area contributed by atoms with E-state index in [1.807, 2.05) is 0 Å². The van der Waals surface area contributed by atoms with Crippen molar-refractivity contribution in [1.82, 2.24) is 14.7 Å². The fraction of sp³-hybridized carbons (Fsp3) is 0.818. The number of hydrogen-bond donors (Lipinski definition) is 1. The van der Waals surface area contributed by atoms with Crippen molar-refractivity contribution in [3.8, 4) is 0 Å². The third-order valence-corrected chi connectivity index (χ3v) is 4.13. The molecule has 1 aromatic rings. The quantitative estimate of drug-likeness (QED) is 0.844. The van der Waals surface area contributed by atoms with E-state index in [1.54, 1.807) is 6.33 Å². The van der Waals surface area contributed by atoms with Crippen LogP contribution >= 0.6 is 11.5 Å². The van der Waals surface area contributed by atoms with Crippen molar-refractivity contribution in [3.05, 3.63) is 6.33 Å². The van der Waals surface area contributed by atoms with Crippen LogP contribution in [0.2, 0.25) is 0 Å². The third kappa shape index (κ3) is 2.52. The van der Waals surface area contributed by atoms with Crippen LogP contribution in [0.3, 0.4) is 0 Å². The molecule has 1 aromatic heterocycles. The van der Waals surface area contributed by atoms with E-state index in [0.29, 0.717) is 6.04 Å². The summed E-state index contributed by atoms with van der Waals surface area (Å²) in [5.74, 6) is 0.908. The van der Waals surface area contributed by atoms with Gasteiger partial charge in [-0.15, -0.1) is 0 Å². The minimum Gasteiger partial charge on any atom is -0.345 e. The van der Waals surface area contributed by atoms with E-state index < -0.39 is 0 Å². The number of anilines is 1. The minimum atomic E-state index is 0.655. The predicted molar refractivity (Wildman–Crippen MR) is 65.9 cm³/mol. The largest absolute Gasteiger partial charge is 0.345 e. The van der Waals surface area contributed by atoms with E-state index >= 15 is 0 Å². The summed E-state index contributed by atoms with van der Waals surface area (Å²) in [4.78, 5) is 6.77. The second kappa shape index (κ2) is 4.67. The smallest absolute Gasteiger partial charge is 0.204 e. The van der Waals surface area contributed by atoms with Crippen LogP contribution in [0.15, 0.2) is 6.33 Å². The highest BCUT2D eigenvalue weighted by Crippen LogP contribution is 2.31. The summed E-state index contributed by atoms with van der Waals surface area (Å²) in [6.07, 6.45) is 7.08. The summed E-state index contributed by atoms with van der Waals surface area (Å²) < 4.78 is 4.11. The van der Waals surface area contributed by atoms with Crippen molar-refractivity contribution in [2.24, 2.45) is 5.92 Å². The molecule has 2 aliphatic rings. The van der Waals surface area contributed by atoms with Gasteiger partial charge in [-0.05, 0) is 38.1 Å². The molecule has 88 valence electrons. The van der Waals surface area contributed by atoms with Crippen LogP contribution in [0.5, 0.6) is 0 Å². The molecule has 1 atom stereocenters. The van der Waals surface area contributed by atoms with Gasteiger partial charge in [0.15, 0.2) is 0 Å². The van der Waals surface area contributed by atoms with Crippen LogP contribution in [-0.4, -0.2) is 35.0 Å². The first kappa shape index (κ1) is 10.5. The van der Waals surface area contributed by atoms with Gasteiger partial charge in [0.2, 0.25) is 5.13 Å². The molecule has 1 N–H and O–H groups in total. The highest BCUT2D eigenvalue weighted by molar-refractivity contribution is 7.09. The van der Waals surface area contributed by atoms with Gasteiger partial charge in [-0.3, -0.25) is 0 Å². The summed E-state index contributed by atoms with van der Waals surface area (Å²) >= 11 is 1.52. The Hall–Kier alpha value is -0.680. The van der Waals surface area contributed by atoms with Gasteiger partial charge in [0, 0.05) is 30.7 Å². The molecule has 0 aromatic carbocycles.